The van der Waals surface area contributed by atoms with Crippen LogP contribution in [0.4, 0.5) is 0 Å². The summed E-state index contributed by atoms with van der Waals surface area (Å²) in [4.78, 5) is 0. The molecule has 0 unspecified atom stereocenters. The van der Waals surface area contributed by atoms with Crippen LogP contribution < -0.4 is 0 Å². The smallest absolute Gasteiger partial charge is 0.409 e. The Morgan fingerprint density at radius 2 is 1.60 bits per heavy atom. The van der Waals surface area contributed by atoms with Gasteiger partial charge in [0.05, 0.1) is 13.2 Å². The zero-order chi connectivity index (χ0) is 12.1. The highest BCUT2D eigenvalue weighted by Gasteiger charge is 2.31. The maximum atomic E-state index is 11.9. The molecular weight excluding hydrogens is 215 g/mol. The molecule has 0 fully saturated rings. The van der Waals surface area contributed by atoms with Crippen LogP contribution in [0.2, 0.25) is 0 Å². The highest BCUT2D eigenvalue weighted by atomic mass is 31.2. The molecule has 0 heterocycles. The Hall–Kier alpha value is -0.310. The van der Waals surface area contributed by atoms with Crippen LogP contribution in [0.5, 0.6) is 0 Å². The summed E-state index contributed by atoms with van der Waals surface area (Å²) in [6, 6.07) is 0. The van der Waals surface area contributed by atoms with Gasteiger partial charge in [-0.25, -0.2) is 4.57 Å². The van der Waals surface area contributed by atoms with Crippen molar-refractivity contribution in [2.45, 2.75) is 34.6 Å². The SMILES string of the molecule is C=C(OP(=O)(OCC)OCC)C(C)(C)C. The second kappa shape index (κ2) is 5.69. The van der Waals surface area contributed by atoms with Crippen molar-refractivity contribution in [2.75, 3.05) is 13.2 Å². The fourth-order valence-electron chi connectivity index (χ4n) is 0.678. The molecule has 0 aromatic heterocycles. The molecule has 0 radical (unpaired) electrons. The van der Waals surface area contributed by atoms with Crippen LogP contribution in [0.15, 0.2) is 12.3 Å². The van der Waals surface area contributed by atoms with Crippen LogP contribution in [-0.2, 0) is 18.1 Å². The lowest BCUT2D eigenvalue weighted by atomic mass is 9.95. The maximum absolute atomic E-state index is 11.9. The van der Waals surface area contributed by atoms with E-state index < -0.39 is 7.82 Å². The molecule has 0 amide bonds. The molecule has 0 aliphatic carbocycles. The standard InChI is InChI=1S/C10H21O4P/c1-7-12-15(11,13-8-2)14-9(3)10(4,5)6/h3,7-8H2,1-2,4-6H3. The Morgan fingerprint density at radius 3 is 1.87 bits per heavy atom. The van der Waals surface area contributed by atoms with Gasteiger partial charge in [0, 0.05) is 5.41 Å². The lowest BCUT2D eigenvalue weighted by molar-refractivity contribution is 0.129. The van der Waals surface area contributed by atoms with Crippen molar-refractivity contribution in [1.29, 1.82) is 0 Å². The van der Waals surface area contributed by atoms with Gasteiger partial charge in [-0.3, -0.25) is 9.05 Å². The Bertz CT molecular complexity index is 245. The predicted molar refractivity (Wildman–Crippen MR) is 60.5 cm³/mol. The quantitative estimate of drug-likeness (QED) is 0.520. The van der Waals surface area contributed by atoms with E-state index in [0.29, 0.717) is 5.76 Å². The van der Waals surface area contributed by atoms with Crippen LogP contribution in [-0.4, -0.2) is 13.2 Å². The fourth-order valence-corrected chi connectivity index (χ4v) is 2.03. The van der Waals surface area contributed by atoms with Crippen molar-refractivity contribution in [2.24, 2.45) is 5.41 Å². The zero-order valence-corrected chi connectivity index (χ0v) is 11.1. The summed E-state index contributed by atoms with van der Waals surface area (Å²) in [6.07, 6.45) is 0. The van der Waals surface area contributed by atoms with Crippen molar-refractivity contribution >= 4 is 7.82 Å². The molecule has 0 atom stereocenters. The number of hydrogen-bond donors (Lipinski definition) is 0. The van der Waals surface area contributed by atoms with E-state index in [1.807, 2.05) is 20.8 Å². The van der Waals surface area contributed by atoms with E-state index in [0.717, 1.165) is 0 Å². The summed E-state index contributed by atoms with van der Waals surface area (Å²) in [5, 5.41) is 0. The summed E-state index contributed by atoms with van der Waals surface area (Å²) in [6.45, 7) is 13.5. The molecule has 0 N–H and O–H groups in total. The zero-order valence-electron chi connectivity index (χ0n) is 10.2. The van der Waals surface area contributed by atoms with Crippen molar-refractivity contribution in [1.82, 2.24) is 0 Å². The second-order valence-electron chi connectivity index (χ2n) is 4.05. The molecule has 5 heteroatoms. The van der Waals surface area contributed by atoms with Gasteiger partial charge in [-0.1, -0.05) is 27.4 Å². The van der Waals surface area contributed by atoms with E-state index in [2.05, 4.69) is 6.58 Å². The van der Waals surface area contributed by atoms with Crippen LogP contribution >= 0.6 is 7.82 Å². The van der Waals surface area contributed by atoms with Gasteiger partial charge >= 0.3 is 7.82 Å². The molecule has 0 aromatic carbocycles. The van der Waals surface area contributed by atoms with Crippen LogP contribution in [0, 0.1) is 5.41 Å². The minimum absolute atomic E-state index is 0.273. The number of rotatable bonds is 6. The van der Waals surface area contributed by atoms with E-state index in [1.54, 1.807) is 13.8 Å². The maximum Gasteiger partial charge on any atom is 0.529 e. The summed E-state index contributed by atoms with van der Waals surface area (Å²) in [5.41, 5.74) is -0.288. The normalized spacial score (nSPS) is 12.6. The third-order valence-corrected chi connectivity index (χ3v) is 3.23. The fraction of sp³-hybridized carbons (Fsp3) is 0.800. The van der Waals surface area contributed by atoms with E-state index >= 15 is 0 Å². The number of phosphoric acid groups is 1. The highest BCUT2D eigenvalue weighted by Crippen LogP contribution is 2.53. The van der Waals surface area contributed by atoms with E-state index in [4.69, 9.17) is 13.6 Å². The first-order valence-corrected chi connectivity index (χ1v) is 6.49. The molecule has 4 nitrogen and oxygen atoms in total. The van der Waals surface area contributed by atoms with Gasteiger partial charge in [-0.05, 0) is 13.8 Å². The van der Waals surface area contributed by atoms with E-state index in [9.17, 15) is 4.57 Å². The molecule has 0 aliphatic rings. The molecular formula is C10H21O4P. The molecule has 0 bridgehead atoms. The number of allylic oxidation sites excluding steroid dienone is 1. The third kappa shape index (κ3) is 5.36. The van der Waals surface area contributed by atoms with Crippen LogP contribution in [0.25, 0.3) is 0 Å². The minimum Gasteiger partial charge on any atom is -0.409 e. The lowest BCUT2D eigenvalue weighted by Gasteiger charge is -2.25. The Kier molecular flexibility index (Phi) is 5.57. The number of phosphoric ester groups is 1. The second-order valence-corrected chi connectivity index (χ2v) is 5.64. The predicted octanol–water partition coefficient (Wildman–Crippen LogP) is 3.74. The molecule has 0 saturated heterocycles. The largest absolute Gasteiger partial charge is 0.529 e. The lowest BCUT2D eigenvalue weighted by Crippen LogP contribution is -2.12. The summed E-state index contributed by atoms with van der Waals surface area (Å²) in [7, 11) is -3.47. The summed E-state index contributed by atoms with van der Waals surface area (Å²) >= 11 is 0. The van der Waals surface area contributed by atoms with E-state index in [-0.39, 0.29) is 18.6 Å². The van der Waals surface area contributed by atoms with Crippen LogP contribution in [0.3, 0.4) is 0 Å². The molecule has 0 spiro atoms. The third-order valence-electron chi connectivity index (χ3n) is 1.63. The van der Waals surface area contributed by atoms with Crippen molar-refractivity contribution in [3.05, 3.63) is 12.3 Å². The minimum atomic E-state index is -3.47. The van der Waals surface area contributed by atoms with Crippen LogP contribution in [0.1, 0.15) is 34.6 Å². The van der Waals surface area contributed by atoms with E-state index in [1.165, 1.54) is 0 Å². The first-order chi connectivity index (χ1) is 6.75. The monoisotopic (exact) mass is 236 g/mol. The Balaban J connectivity index is 4.55. The van der Waals surface area contributed by atoms with Crippen molar-refractivity contribution < 1.29 is 18.1 Å². The van der Waals surface area contributed by atoms with Crippen molar-refractivity contribution in [3.63, 3.8) is 0 Å². The molecule has 0 aliphatic heterocycles. The summed E-state index contributed by atoms with van der Waals surface area (Å²) in [5.74, 6) is 0.396. The topological polar surface area (TPSA) is 44.8 Å². The average molecular weight is 236 g/mol. The Labute approximate surface area is 92.2 Å². The van der Waals surface area contributed by atoms with Crippen molar-refractivity contribution in [3.8, 4) is 0 Å². The average Bonchev–Trinajstić information content (AvgIpc) is 2.02. The molecule has 0 saturated carbocycles. The highest BCUT2D eigenvalue weighted by molar-refractivity contribution is 7.48. The molecule has 15 heavy (non-hydrogen) atoms. The molecule has 90 valence electrons. The summed E-state index contributed by atoms with van der Waals surface area (Å²) < 4.78 is 27.1. The Morgan fingerprint density at radius 1 is 1.20 bits per heavy atom. The van der Waals surface area contributed by atoms with Gasteiger partial charge in [0.2, 0.25) is 0 Å². The van der Waals surface area contributed by atoms with Gasteiger partial charge in [0.25, 0.3) is 0 Å². The van der Waals surface area contributed by atoms with Gasteiger partial charge in [0.15, 0.2) is 0 Å². The van der Waals surface area contributed by atoms with Gasteiger partial charge < -0.3 is 4.52 Å². The first-order valence-electron chi connectivity index (χ1n) is 5.03. The van der Waals surface area contributed by atoms with Gasteiger partial charge in [-0.2, -0.15) is 0 Å². The van der Waals surface area contributed by atoms with Gasteiger partial charge in [0.1, 0.15) is 5.76 Å². The number of hydrogen-bond acceptors (Lipinski definition) is 4. The molecule has 0 aromatic rings. The van der Waals surface area contributed by atoms with Gasteiger partial charge in [-0.15, -0.1) is 0 Å². The molecule has 0 rings (SSSR count). The first kappa shape index (κ1) is 14.7.